The maximum atomic E-state index is 16.2. The third kappa shape index (κ3) is 2.03. The molecular weight excluding hydrogens is 358 g/mol. The second-order valence-electron chi connectivity index (χ2n) is 7.75. The molecule has 0 radical (unpaired) electrons. The summed E-state index contributed by atoms with van der Waals surface area (Å²) in [7, 11) is -1.27. The zero-order valence-electron chi connectivity index (χ0n) is 16.4. The van der Waals surface area contributed by atoms with E-state index in [-0.39, 0.29) is 0 Å². The summed E-state index contributed by atoms with van der Waals surface area (Å²) in [4.78, 5) is 0. The summed E-state index contributed by atoms with van der Waals surface area (Å²) in [6.45, 7) is 4.04. The first-order valence-electron chi connectivity index (χ1n) is 9.94. The molecule has 4 aromatic rings. The minimum Gasteiger partial charge on any atom is -0.289 e. The third-order valence-electron chi connectivity index (χ3n) is 6.31. The molecule has 0 saturated heterocycles. The van der Waals surface area contributed by atoms with Gasteiger partial charge < -0.3 is 0 Å². The fraction of sp³-hybridized carbons (Fsp3) is 0.0800. The van der Waals surface area contributed by atoms with E-state index >= 15 is 4.32 Å². The molecule has 6 rings (SSSR count). The van der Waals surface area contributed by atoms with Crippen LogP contribution in [-0.2, 0) is 0 Å². The van der Waals surface area contributed by atoms with E-state index in [0.717, 1.165) is 55.8 Å². The summed E-state index contributed by atoms with van der Waals surface area (Å²) in [5.74, 6) is 0. The van der Waals surface area contributed by atoms with Crippen LogP contribution in [0.3, 0.4) is 0 Å². The van der Waals surface area contributed by atoms with Crippen molar-refractivity contribution in [3.8, 4) is 0 Å². The molecule has 0 saturated carbocycles. The maximum absolute atomic E-state index is 16.2. The number of halogens is 1. The summed E-state index contributed by atoms with van der Waals surface area (Å²) in [5.41, 5.74) is 8.24. The molecule has 2 aliphatic rings. The van der Waals surface area contributed by atoms with Crippen molar-refractivity contribution in [3.05, 3.63) is 107 Å². The predicted molar refractivity (Wildman–Crippen MR) is 118 cm³/mol. The Bertz CT molecular complexity index is 1380. The van der Waals surface area contributed by atoms with Gasteiger partial charge in [0.1, 0.15) is 0 Å². The highest BCUT2D eigenvalue weighted by atomic mass is 19.1. The third-order valence-corrected chi connectivity index (χ3v) is 6.31. The van der Waals surface area contributed by atoms with Gasteiger partial charge in [-0.05, 0) is 24.6 Å². The monoisotopic (exact) mass is 377 g/mol. The fourth-order valence-electron chi connectivity index (χ4n) is 5.01. The second kappa shape index (κ2) is 5.80. The summed E-state index contributed by atoms with van der Waals surface area (Å²) >= 11 is 0. The zero-order valence-corrected chi connectivity index (χ0v) is 16.4. The van der Waals surface area contributed by atoms with Crippen LogP contribution < -0.4 is 0 Å². The van der Waals surface area contributed by atoms with Gasteiger partial charge in [-0.25, -0.2) is 8.80 Å². The average molecular weight is 377 g/mol. The van der Waals surface area contributed by atoms with Crippen LogP contribution in [-0.4, -0.2) is 21.9 Å². The summed E-state index contributed by atoms with van der Waals surface area (Å²) in [6.07, 6.45) is 0. The van der Waals surface area contributed by atoms with E-state index in [1.165, 1.54) is 0 Å². The summed E-state index contributed by atoms with van der Waals surface area (Å²) in [5, 5.41) is 2.20. The van der Waals surface area contributed by atoms with Crippen molar-refractivity contribution >= 4 is 35.0 Å². The van der Waals surface area contributed by atoms with Crippen LogP contribution in [0.1, 0.15) is 35.0 Å². The molecule has 3 aromatic carbocycles. The highest BCUT2D eigenvalue weighted by Gasteiger charge is 2.53. The molecule has 0 amide bonds. The molecule has 0 unspecified atom stereocenters. The number of aryl methyl sites for hydroxylation is 1. The quantitative estimate of drug-likeness (QED) is 0.386. The molecule has 0 N–H and O–H groups in total. The smallest absolute Gasteiger partial charge is 0.289 e. The standard InChI is InChI=1S/C25H19BFN2/c1-16-19-12-6-8-14-21(19)24-23(18-10-4-3-5-11-18)25-22-15-9-7-13-20(22)17(2)29(25)26(27)28(16)24/h3-15H,1-2H3/q+1. The van der Waals surface area contributed by atoms with Gasteiger partial charge in [-0.2, -0.15) is 0 Å². The van der Waals surface area contributed by atoms with Crippen molar-refractivity contribution in [3.63, 3.8) is 0 Å². The van der Waals surface area contributed by atoms with E-state index in [4.69, 9.17) is 0 Å². The molecule has 2 aliphatic heterocycles. The maximum Gasteiger partial charge on any atom is 0.846 e. The molecule has 2 nitrogen and oxygen atoms in total. The van der Waals surface area contributed by atoms with E-state index in [0.29, 0.717) is 0 Å². The highest BCUT2D eigenvalue weighted by Crippen LogP contribution is 2.45. The van der Waals surface area contributed by atoms with Crippen LogP contribution in [0.4, 0.5) is 4.32 Å². The minimum atomic E-state index is -1.27. The Kier molecular flexibility index (Phi) is 3.31. The number of fused-ring (bicyclic) bond motifs is 6. The number of rotatable bonds is 1. The molecule has 138 valence electrons. The Balaban J connectivity index is 1.85. The number of hydrogen-bond acceptors (Lipinski definition) is 0. The van der Waals surface area contributed by atoms with E-state index in [1.807, 2.05) is 53.1 Å². The predicted octanol–water partition coefficient (Wildman–Crippen LogP) is 5.52. The largest absolute Gasteiger partial charge is 0.846 e. The SMILES string of the molecule is CC1=[N+]2B(F)n3c(C)c4ccccc4c3C(c3ccccc3)=C2c2ccccc21. The Hall–Kier alpha value is -3.40. The van der Waals surface area contributed by atoms with Gasteiger partial charge in [-0.1, -0.05) is 66.7 Å². The van der Waals surface area contributed by atoms with Crippen molar-refractivity contribution in [2.45, 2.75) is 13.8 Å². The zero-order chi connectivity index (χ0) is 19.7. The van der Waals surface area contributed by atoms with Crippen LogP contribution in [0.5, 0.6) is 0 Å². The van der Waals surface area contributed by atoms with E-state index in [2.05, 4.69) is 48.5 Å². The van der Waals surface area contributed by atoms with Gasteiger partial charge in [0.05, 0.1) is 22.4 Å². The lowest BCUT2D eigenvalue weighted by Gasteiger charge is -2.21. The lowest BCUT2D eigenvalue weighted by Crippen LogP contribution is -2.39. The van der Waals surface area contributed by atoms with Crippen molar-refractivity contribution in [2.75, 3.05) is 0 Å². The summed E-state index contributed by atoms with van der Waals surface area (Å²) < 4.78 is 19.9. The molecular formula is C25H19BFN2+. The molecule has 0 atom stereocenters. The van der Waals surface area contributed by atoms with Crippen molar-refractivity contribution in [1.82, 2.24) is 4.48 Å². The first-order chi connectivity index (χ1) is 14.2. The van der Waals surface area contributed by atoms with Crippen molar-refractivity contribution in [1.29, 1.82) is 0 Å². The van der Waals surface area contributed by atoms with Crippen LogP contribution in [0, 0.1) is 6.92 Å². The Labute approximate surface area is 169 Å². The van der Waals surface area contributed by atoms with Crippen LogP contribution in [0.15, 0.2) is 78.9 Å². The molecule has 0 fully saturated rings. The molecule has 0 aliphatic carbocycles. The highest BCUT2D eigenvalue weighted by molar-refractivity contribution is 6.46. The second-order valence-corrected chi connectivity index (χ2v) is 7.75. The van der Waals surface area contributed by atoms with Gasteiger partial charge in [0.15, 0.2) is 5.71 Å². The topological polar surface area (TPSA) is 7.94 Å². The Morgan fingerprint density at radius 3 is 2.14 bits per heavy atom. The van der Waals surface area contributed by atoms with Gasteiger partial charge in [0.25, 0.3) is 0 Å². The lowest BCUT2D eigenvalue weighted by atomic mass is 9.87. The number of nitrogens with zero attached hydrogens (tertiary/aromatic N) is 2. The van der Waals surface area contributed by atoms with E-state index in [1.54, 1.807) is 0 Å². The Morgan fingerprint density at radius 1 is 0.759 bits per heavy atom. The number of aromatic nitrogens is 1. The normalized spacial score (nSPS) is 15.1. The van der Waals surface area contributed by atoms with Crippen LogP contribution in [0.25, 0.3) is 22.0 Å². The van der Waals surface area contributed by atoms with Crippen LogP contribution in [0.2, 0.25) is 0 Å². The van der Waals surface area contributed by atoms with Crippen LogP contribution >= 0.6 is 0 Å². The average Bonchev–Trinajstić information content (AvgIpc) is 3.23. The number of benzene rings is 3. The lowest BCUT2D eigenvalue weighted by molar-refractivity contribution is -0.289. The van der Waals surface area contributed by atoms with E-state index in [9.17, 15) is 0 Å². The molecule has 29 heavy (non-hydrogen) atoms. The molecule has 0 bridgehead atoms. The van der Waals surface area contributed by atoms with Gasteiger partial charge in [0, 0.05) is 23.4 Å². The van der Waals surface area contributed by atoms with Gasteiger partial charge in [0.2, 0.25) is 5.70 Å². The molecule has 4 heteroatoms. The van der Waals surface area contributed by atoms with Crippen molar-refractivity contribution in [2.24, 2.45) is 0 Å². The van der Waals surface area contributed by atoms with Crippen molar-refractivity contribution < 1.29 is 8.80 Å². The first kappa shape index (κ1) is 16.5. The summed E-state index contributed by atoms with van der Waals surface area (Å²) in [6, 6.07) is 26.9. The molecule has 0 spiro atoms. The van der Waals surface area contributed by atoms with Gasteiger partial charge >= 0.3 is 7.26 Å². The number of hydrogen-bond donors (Lipinski definition) is 0. The van der Waals surface area contributed by atoms with Gasteiger partial charge in [-0.15, -0.1) is 0 Å². The van der Waals surface area contributed by atoms with Gasteiger partial charge in [-0.3, -0.25) is 4.48 Å². The fourth-order valence-corrected chi connectivity index (χ4v) is 5.01. The van der Waals surface area contributed by atoms with E-state index < -0.39 is 7.26 Å². The Morgan fingerprint density at radius 2 is 1.38 bits per heavy atom. The minimum absolute atomic E-state index is 0.958. The first-order valence-corrected chi connectivity index (χ1v) is 9.94. The molecule has 3 heterocycles. The molecule has 1 aromatic heterocycles.